The van der Waals surface area contributed by atoms with Crippen LogP contribution in [0.2, 0.25) is 0 Å². The fraction of sp³-hybridized carbons (Fsp3) is 0.700. The molecule has 2 atom stereocenters. The van der Waals surface area contributed by atoms with E-state index < -0.39 is 0 Å². The lowest BCUT2D eigenvalue weighted by atomic mass is 9.94. The Balaban J connectivity index is 1.71. The van der Waals surface area contributed by atoms with Crippen molar-refractivity contribution in [3.8, 4) is 0 Å². The number of carbonyl (C=O) groups is 1. The van der Waals surface area contributed by atoms with Crippen molar-refractivity contribution in [3.63, 3.8) is 0 Å². The second-order valence-electron chi connectivity index (χ2n) is 4.45. The summed E-state index contributed by atoms with van der Waals surface area (Å²) in [7, 11) is 0. The molecule has 1 amide bonds. The Morgan fingerprint density at radius 3 is 3.25 bits per heavy atom. The average molecular weight is 238 g/mol. The quantitative estimate of drug-likeness (QED) is 0.767. The van der Waals surface area contributed by atoms with Crippen LogP contribution in [0.15, 0.2) is 6.20 Å². The standard InChI is InChI=1S/C10H14N4OS/c15-10(9-4-12-13-16-9)14-5-7-2-1-3-11-8(7)6-14/h4,7-8,11H,1-3,5-6H2/t7-,8+/m0/s1. The van der Waals surface area contributed by atoms with Crippen LogP contribution in [0.1, 0.15) is 22.5 Å². The highest BCUT2D eigenvalue weighted by molar-refractivity contribution is 7.07. The number of nitrogens with zero attached hydrogens (tertiary/aromatic N) is 3. The van der Waals surface area contributed by atoms with E-state index in [0.29, 0.717) is 16.8 Å². The van der Waals surface area contributed by atoms with Gasteiger partial charge in [0, 0.05) is 19.1 Å². The fourth-order valence-corrected chi connectivity index (χ4v) is 3.11. The van der Waals surface area contributed by atoms with Gasteiger partial charge in [-0.1, -0.05) is 4.49 Å². The van der Waals surface area contributed by atoms with Gasteiger partial charge >= 0.3 is 0 Å². The van der Waals surface area contributed by atoms with Gasteiger partial charge < -0.3 is 10.2 Å². The van der Waals surface area contributed by atoms with Crippen LogP contribution in [-0.4, -0.2) is 46.1 Å². The number of hydrogen-bond donors (Lipinski definition) is 1. The molecule has 0 saturated carbocycles. The summed E-state index contributed by atoms with van der Waals surface area (Å²) in [5.41, 5.74) is 0. The van der Waals surface area contributed by atoms with E-state index >= 15 is 0 Å². The summed E-state index contributed by atoms with van der Waals surface area (Å²) in [6.07, 6.45) is 4.02. The van der Waals surface area contributed by atoms with Crippen molar-refractivity contribution in [2.24, 2.45) is 5.92 Å². The monoisotopic (exact) mass is 238 g/mol. The van der Waals surface area contributed by atoms with Crippen molar-refractivity contribution in [2.75, 3.05) is 19.6 Å². The third-order valence-electron chi connectivity index (χ3n) is 3.46. The minimum absolute atomic E-state index is 0.0891. The van der Waals surface area contributed by atoms with Crippen LogP contribution in [-0.2, 0) is 0 Å². The molecule has 6 heteroatoms. The van der Waals surface area contributed by atoms with Gasteiger partial charge in [0.2, 0.25) is 0 Å². The van der Waals surface area contributed by atoms with Crippen LogP contribution in [0.5, 0.6) is 0 Å². The van der Waals surface area contributed by atoms with Crippen LogP contribution in [0.3, 0.4) is 0 Å². The molecule has 2 fully saturated rings. The molecule has 0 unspecified atom stereocenters. The number of amides is 1. The number of hydrogen-bond acceptors (Lipinski definition) is 5. The van der Waals surface area contributed by atoms with Crippen LogP contribution in [0.25, 0.3) is 0 Å². The van der Waals surface area contributed by atoms with Crippen molar-refractivity contribution in [3.05, 3.63) is 11.1 Å². The van der Waals surface area contributed by atoms with Gasteiger partial charge in [0.25, 0.3) is 5.91 Å². The van der Waals surface area contributed by atoms with Gasteiger partial charge in [-0.3, -0.25) is 4.79 Å². The Morgan fingerprint density at radius 1 is 1.56 bits per heavy atom. The molecule has 2 saturated heterocycles. The predicted molar refractivity (Wildman–Crippen MR) is 60.3 cm³/mol. The molecule has 0 aromatic carbocycles. The molecule has 0 bridgehead atoms. The first kappa shape index (κ1) is 10.2. The molecule has 16 heavy (non-hydrogen) atoms. The summed E-state index contributed by atoms with van der Waals surface area (Å²) >= 11 is 1.18. The summed E-state index contributed by atoms with van der Waals surface area (Å²) in [4.78, 5) is 14.7. The largest absolute Gasteiger partial charge is 0.336 e. The number of piperidine rings is 1. The maximum absolute atomic E-state index is 12.1. The lowest BCUT2D eigenvalue weighted by Crippen LogP contribution is -2.41. The molecule has 5 nitrogen and oxygen atoms in total. The van der Waals surface area contributed by atoms with E-state index in [4.69, 9.17) is 0 Å². The van der Waals surface area contributed by atoms with Crippen LogP contribution in [0, 0.1) is 5.92 Å². The van der Waals surface area contributed by atoms with E-state index in [0.717, 1.165) is 19.6 Å². The Hall–Kier alpha value is -1.01. The summed E-state index contributed by atoms with van der Waals surface area (Å²) < 4.78 is 3.73. The van der Waals surface area contributed by atoms with Gasteiger partial charge in [-0.25, -0.2) is 0 Å². The fourth-order valence-electron chi connectivity index (χ4n) is 2.63. The van der Waals surface area contributed by atoms with Gasteiger partial charge in [-0.05, 0) is 36.8 Å². The van der Waals surface area contributed by atoms with Crippen molar-refractivity contribution in [1.29, 1.82) is 0 Å². The molecule has 3 heterocycles. The van der Waals surface area contributed by atoms with Crippen molar-refractivity contribution in [1.82, 2.24) is 19.8 Å². The van der Waals surface area contributed by atoms with E-state index in [1.54, 1.807) is 6.20 Å². The highest BCUT2D eigenvalue weighted by Gasteiger charge is 2.36. The maximum atomic E-state index is 12.1. The normalized spacial score (nSPS) is 29.1. The molecule has 2 aliphatic rings. The summed E-state index contributed by atoms with van der Waals surface area (Å²) in [6.45, 7) is 2.81. The minimum atomic E-state index is 0.0891. The summed E-state index contributed by atoms with van der Waals surface area (Å²) in [5.74, 6) is 0.727. The topological polar surface area (TPSA) is 58.1 Å². The van der Waals surface area contributed by atoms with Gasteiger partial charge in [-0.2, -0.15) is 0 Å². The Kier molecular flexibility index (Phi) is 2.61. The molecular weight excluding hydrogens is 224 g/mol. The molecule has 2 aliphatic heterocycles. The molecule has 1 aromatic rings. The number of fused-ring (bicyclic) bond motifs is 1. The summed E-state index contributed by atoms with van der Waals surface area (Å²) in [6, 6.07) is 0.499. The Bertz CT molecular complexity index is 366. The number of rotatable bonds is 1. The first-order valence-electron chi connectivity index (χ1n) is 5.64. The second-order valence-corrected chi connectivity index (χ2v) is 5.24. The summed E-state index contributed by atoms with van der Waals surface area (Å²) in [5, 5.41) is 7.20. The number of aromatic nitrogens is 2. The molecule has 0 radical (unpaired) electrons. The van der Waals surface area contributed by atoms with Crippen LogP contribution >= 0.6 is 11.5 Å². The van der Waals surface area contributed by atoms with Crippen LogP contribution < -0.4 is 5.32 Å². The highest BCUT2D eigenvalue weighted by Crippen LogP contribution is 2.26. The van der Waals surface area contributed by atoms with Crippen molar-refractivity contribution >= 4 is 17.4 Å². The van der Waals surface area contributed by atoms with Crippen molar-refractivity contribution in [2.45, 2.75) is 18.9 Å². The van der Waals surface area contributed by atoms with E-state index in [1.807, 2.05) is 4.90 Å². The van der Waals surface area contributed by atoms with Gasteiger partial charge in [-0.15, -0.1) is 5.10 Å². The SMILES string of the molecule is O=C(c1cnns1)N1C[C@@H]2CCCN[C@@H]2C1. The van der Waals surface area contributed by atoms with Gasteiger partial charge in [0.05, 0.1) is 6.20 Å². The van der Waals surface area contributed by atoms with Gasteiger partial charge in [0.1, 0.15) is 4.88 Å². The zero-order valence-corrected chi connectivity index (χ0v) is 9.74. The second kappa shape index (κ2) is 4.10. The maximum Gasteiger partial charge on any atom is 0.267 e. The lowest BCUT2D eigenvalue weighted by Gasteiger charge is -2.24. The van der Waals surface area contributed by atoms with E-state index in [-0.39, 0.29) is 5.91 Å². The molecule has 1 N–H and O–H groups in total. The first-order valence-corrected chi connectivity index (χ1v) is 6.42. The number of carbonyl (C=O) groups excluding carboxylic acids is 1. The Morgan fingerprint density at radius 2 is 2.50 bits per heavy atom. The molecular formula is C10H14N4OS. The molecule has 86 valence electrons. The minimum Gasteiger partial charge on any atom is -0.336 e. The highest BCUT2D eigenvalue weighted by atomic mass is 32.1. The predicted octanol–water partition coefficient (Wildman–Crippen LogP) is 0.362. The van der Waals surface area contributed by atoms with Crippen LogP contribution in [0.4, 0.5) is 0 Å². The van der Waals surface area contributed by atoms with E-state index in [9.17, 15) is 4.79 Å². The van der Waals surface area contributed by atoms with E-state index in [1.165, 1.54) is 24.4 Å². The zero-order valence-electron chi connectivity index (χ0n) is 8.93. The average Bonchev–Trinajstić information content (AvgIpc) is 2.97. The zero-order chi connectivity index (χ0) is 11.0. The van der Waals surface area contributed by atoms with E-state index in [2.05, 4.69) is 14.9 Å². The molecule has 0 aliphatic carbocycles. The molecule has 3 rings (SSSR count). The first-order chi connectivity index (χ1) is 7.84. The molecule has 1 aromatic heterocycles. The number of likely N-dealkylation sites (tertiary alicyclic amines) is 1. The molecule has 0 spiro atoms. The smallest absolute Gasteiger partial charge is 0.267 e. The van der Waals surface area contributed by atoms with Crippen molar-refractivity contribution < 1.29 is 4.79 Å². The third-order valence-corrected chi connectivity index (χ3v) is 4.11. The number of nitrogens with one attached hydrogen (secondary N) is 1. The van der Waals surface area contributed by atoms with Gasteiger partial charge in [0.15, 0.2) is 0 Å². The lowest BCUT2D eigenvalue weighted by molar-refractivity contribution is 0.0790. The third kappa shape index (κ3) is 1.72. The Labute approximate surface area is 98.0 Å².